The van der Waals surface area contributed by atoms with Gasteiger partial charge < -0.3 is 10.6 Å². The second-order valence-electron chi connectivity index (χ2n) is 7.70. The molecule has 0 fully saturated rings. The maximum absolute atomic E-state index is 4.50. The topological polar surface area (TPSA) is 54.2 Å². The Morgan fingerprint density at radius 3 is 2.23 bits per heavy atom. The van der Waals surface area contributed by atoms with Crippen molar-refractivity contribution in [1.29, 1.82) is 0 Å². The first-order valence-electron chi connectivity index (χ1n) is 10.6. The van der Waals surface area contributed by atoms with Crippen LogP contribution in [0.3, 0.4) is 0 Å². The predicted octanol–water partition coefficient (Wildman–Crippen LogP) is 4.39. The van der Waals surface area contributed by atoms with Crippen LogP contribution in [0.5, 0.6) is 0 Å². The Kier molecular flexibility index (Phi) is 10.0. The number of aromatic nitrogens is 2. The van der Waals surface area contributed by atoms with Crippen molar-refractivity contribution in [2.75, 3.05) is 20.1 Å². The minimum absolute atomic E-state index is 0. The minimum Gasteiger partial charge on any atom is -0.356 e. The summed E-state index contributed by atoms with van der Waals surface area (Å²) in [4.78, 5) is 4.42. The molecule has 0 amide bonds. The van der Waals surface area contributed by atoms with Crippen LogP contribution in [0.2, 0.25) is 0 Å². The maximum Gasteiger partial charge on any atom is 0.191 e. The van der Waals surface area contributed by atoms with Gasteiger partial charge in [0, 0.05) is 38.8 Å². The van der Waals surface area contributed by atoms with Crippen molar-refractivity contribution in [1.82, 2.24) is 20.4 Å². The number of halogens is 1. The van der Waals surface area contributed by atoms with Gasteiger partial charge in [-0.25, -0.2) is 0 Å². The molecule has 0 saturated carbocycles. The van der Waals surface area contributed by atoms with E-state index in [1.54, 1.807) is 0 Å². The number of aryl methyl sites for hydroxylation is 2. The normalized spacial score (nSPS) is 12.2. The standard InChI is InChI=1S/C25H33N5.HI/c1-19-24(20(2)30(4)29-19)15-16-27-25(26-3)28-18-23(22-13-9-6-10-14-22)17-21-11-7-5-8-12-21;/h5-14,23H,15-18H2,1-4H3,(H2,26,27,28);1H. The molecule has 2 aromatic carbocycles. The van der Waals surface area contributed by atoms with Crippen molar-refractivity contribution in [3.8, 4) is 0 Å². The Morgan fingerprint density at radius 2 is 1.65 bits per heavy atom. The summed E-state index contributed by atoms with van der Waals surface area (Å²) >= 11 is 0. The minimum atomic E-state index is 0. The molecule has 2 N–H and O–H groups in total. The molecule has 0 aliphatic heterocycles. The monoisotopic (exact) mass is 531 g/mol. The smallest absolute Gasteiger partial charge is 0.191 e. The van der Waals surface area contributed by atoms with E-state index in [0.29, 0.717) is 5.92 Å². The third kappa shape index (κ3) is 7.09. The summed E-state index contributed by atoms with van der Waals surface area (Å²) in [5, 5.41) is 11.5. The van der Waals surface area contributed by atoms with Gasteiger partial charge in [0.05, 0.1) is 5.69 Å². The molecule has 0 saturated heterocycles. The molecular formula is C25H34IN5. The Hall–Kier alpha value is -2.35. The molecule has 1 heterocycles. The van der Waals surface area contributed by atoms with Gasteiger partial charge in [-0.2, -0.15) is 5.10 Å². The lowest BCUT2D eigenvalue weighted by atomic mass is 9.92. The molecule has 1 atom stereocenters. The summed E-state index contributed by atoms with van der Waals surface area (Å²) in [5.41, 5.74) is 6.33. The van der Waals surface area contributed by atoms with Crippen LogP contribution in [0.4, 0.5) is 0 Å². The van der Waals surface area contributed by atoms with Gasteiger partial charge in [0.2, 0.25) is 0 Å². The molecule has 0 aliphatic carbocycles. The van der Waals surface area contributed by atoms with Crippen molar-refractivity contribution < 1.29 is 0 Å². The number of hydrogen-bond donors (Lipinski definition) is 2. The lowest BCUT2D eigenvalue weighted by Gasteiger charge is -2.20. The van der Waals surface area contributed by atoms with Crippen LogP contribution in [0.15, 0.2) is 65.7 Å². The molecule has 1 unspecified atom stereocenters. The van der Waals surface area contributed by atoms with Crippen LogP contribution in [0.1, 0.15) is 34.0 Å². The van der Waals surface area contributed by atoms with Crippen LogP contribution in [0, 0.1) is 13.8 Å². The SMILES string of the molecule is CN=C(NCCc1c(C)nn(C)c1C)NCC(Cc1ccccc1)c1ccccc1.I. The van der Waals surface area contributed by atoms with Crippen LogP contribution >= 0.6 is 24.0 Å². The van der Waals surface area contributed by atoms with Crippen LogP contribution in [-0.2, 0) is 19.9 Å². The van der Waals surface area contributed by atoms with E-state index in [0.717, 1.165) is 37.6 Å². The highest BCUT2D eigenvalue weighted by Crippen LogP contribution is 2.20. The van der Waals surface area contributed by atoms with E-state index in [9.17, 15) is 0 Å². The van der Waals surface area contributed by atoms with Crippen LogP contribution in [-0.4, -0.2) is 35.9 Å². The first-order chi connectivity index (χ1) is 14.6. The molecule has 3 rings (SSSR count). The maximum atomic E-state index is 4.50. The summed E-state index contributed by atoms with van der Waals surface area (Å²) in [5.74, 6) is 1.21. The highest BCUT2D eigenvalue weighted by Gasteiger charge is 2.14. The fourth-order valence-corrected chi connectivity index (χ4v) is 3.86. The molecule has 0 radical (unpaired) electrons. The summed E-state index contributed by atoms with van der Waals surface area (Å²) in [6.45, 7) is 5.84. The highest BCUT2D eigenvalue weighted by molar-refractivity contribution is 14.0. The summed E-state index contributed by atoms with van der Waals surface area (Å²) < 4.78 is 1.95. The Balaban J connectivity index is 0.00000341. The molecule has 1 aromatic heterocycles. The van der Waals surface area contributed by atoms with E-state index in [2.05, 4.69) is 95.2 Å². The predicted molar refractivity (Wildman–Crippen MR) is 140 cm³/mol. The molecule has 5 nitrogen and oxygen atoms in total. The van der Waals surface area contributed by atoms with Crippen molar-refractivity contribution in [3.63, 3.8) is 0 Å². The average Bonchev–Trinajstić information content (AvgIpc) is 3.02. The van der Waals surface area contributed by atoms with Gasteiger partial charge in [-0.1, -0.05) is 60.7 Å². The van der Waals surface area contributed by atoms with Gasteiger partial charge in [-0.3, -0.25) is 9.67 Å². The van der Waals surface area contributed by atoms with Gasteiger partial charge in [0.15, 0.2) is 5.96 Å². The van der Waals surface area contributed by atoms with E-state index in [1.807, 2.05) is 18.8 Å². The second kappa shape index (κ2) is 12.5. The van der Waals surface area contributed by atoms with E-state index in [1.165, 1.54) is 22.4 Å². The van der Waals surface area contributed by atoms with Crippen molar-refractivity contribution in [2.45, 2.75) is 32.6 Å². The largest absolute Gasteiger partial charge is 0.356 e. The van der Waals surface area contributed by atoms with Gasteiger partial charge in [-0.15, -0.1) is 24.0 Å². The number of hydrogen-bond acceptors (Lipinski definition) is 2. The summed E-state index contributed by atoms with van der Waals surface area (Å²) in [7, 11) is 3.82. The lowest BCUT2D eigenvalue weighted by Crippen LogP contribution is -2.40. The van der Waals surface area contributed by atoms with Crippen molar-refractivity contribution in [2.24, 2.45) is 12.0 Å². The fraction of sp³-hybridized carbons (Fsp3) is 0.360. The van der Waals surface area contributed by atoms with Crippen molar-refractivity contribution >= 4 is 29.9 Å². The number of aliphatic imine (C=N–C) groups is 1. The van der Waals surface area contributed by atoms with Crippen LogP contribution < -0.4 is 10.6 Å². The third-order valence-electron chi connectivity index (χ3n) is 5.66. The first kappa shape index (κ1) is 24.9. The Bertz CT molecular complexity index is 951. The second-order valence-corrected chi connectivity index (χ2v) is 7.70. The average molecular weight is 531 g/mol. The van der Waals surface area contributed by atoms with Gasteiger partial charge in [0.1, 0.15) is 0 Å². The first-order valence-corrected chi connectivity index (χ1v) is 10.6. The lowest BCUT2D eigenvalue weighted by molar-refractivity contribution is 0.644. The molecule has 166 valence electrons. The fourth-order valence-electron chi connectivity index (χ4n) is 3.86. The van der Waals surface area contributed by atoms with Gasteiger partial charge >= 0.3 is 0 Å². The van der Waals surface area contributed by atoms with E-state index in [4.69, 9.17) is 0 Å². The van der Waals surface area contributed by atoms with Gasteiger partial charge in [0.25, 0.3) is 0 Å². The summed E-state index contributed by atoms with van der Waals surface area (Å²) in [6, 6.07) is 21.4. The Labute approximate surface area is 203 Å². The van der Waals surface area contributed by atoms with E-state index in [-0.39, 0.29) is 24.0 Å². The van der Waals surface area contributed by atoms with E-state index >= 15 is 0 Å². The van der Waals surface area contributed by atoms with Crippen LogP contribution in [0.25, 0.3) is 0 Å². The quantitative estimate of drug-likeness (QED) is 0.258. The zero-order chi connectivity index (χ0) is 21.3. The zero-order valence-electron chi connectivity index (χ0n) is 18.9. The molecule has 0 aliphatic rings. The molecule has 31 heavy (non-hydrogen) atoms. The number of benzene rings is 2. The highest BCUT2D eigenvalue weighted by atomic mass is 127. The molecule has 0 bridgehead atoms. The third-order valence-corrected chi connectivity index (χ3v) is 5.66. The number of nitrogens with one attached hydrogen (secondary N) is 2. The number of nitrogens with zero attached hydrogens (tertiary/aromatic N) is 3. The van der Waals surface area contributed by atoms with Gasteiger partial charge in [-0.05, 0) is 43.4 Å². The molecule has 0 spiro atoms. The molecular weight excluding hydrogens is 497 g/mol. The molecule has 3 aromatic rings. The Morgan fingerprint density at radius 1 is 1.00 bits per heavy atom. The van der Waals surface area contributed by atoms with E-state index < -0.39 is 0 Å². The van der Waals surface area contributed by atoms with Crippen molar-refractivity contribution in [3.05, 3.63) is 88.7 Å². The zero-order valence-corrected chi connectivity index (χ0v) is 21.3. The summed E-state index contributed by atoms with van der Waals surface area (Å²) in [6.07, 6.45) is 1.92. The number of guanidine groups is 1. The molecule has 6 heteroatoms. The number of rotatable bonds is 8.